The summed E-state index contributed by atoms with van der Waals surface area (Å²) in [7, 11) is -3.31. The van der Waals surface area contributed by atoms with E-state index in [1.54, 1.807) is 18.2 Å². The van der Waals surface area contributed by atoms with Gasteiger partial charge in [-0.2, -0.15) is 0 Å². The predicted molar refractivity (Wildman–Crippen MR) is 105 cm³/mol. The molecule has 5 nitrogen and oxygen atoms in total. The molecule has 1 saturated heterocycles. The summed E-state index contributed by atoms with van der Waals surface area (Å²) >= 11 is 0. The van der Waals surface area contributed by atoms with Crippen LogP contribution in [0.15, 0.2) is 42.5 Å². The summed E-state index contributed by atoms with van der Waals surface area (Å²) in [6.07, 6.45) is 2.34. The maximum atomic E-state index is 12.7. The van der Waals surface area contributed by atoms with E-state index in [2.05, 4.69) is 5.32 Å². The molecule has 0 spiro atoms. The van der Waals surface area contributed by atoms with E-state index in [4.69, 9.17) is 0 Å². The monoisotopic (exact) mass is 372 g/mol. The van der Waals surface area contributed by atoms with Crippen molar-refractivity contribution in [2.45, 2.75) is 33.1 Å². The summed E-state index contributed by atoms with van der Waals surface area (Å²) in [6.45, 7) is 4.37. The summed E-state index contributed by atoms with van der Waals surface area (Å²) in [6, 6.07) is 12.9. The highest BCUT2D eigenvalue weighted by Gasteiger charge is 2.27. The molecular weight excluding hydrogens is 348 g/mol. The van der Waals surface area contributed by atoms with Crippen LogP contribution in [0.2, 0.25) is 0 Å². The molecule has 1 aliphatic rings. The molecular formula is C20H24N2O3S. The summed E-state index contributed by atoms with van der Waals surface area (Å²) < 4.78 is 26.3. The number of rotatable bonds is 4. The van der Waals surface area contributed by atoms with Crippen LogP contribution in [0.1, 0.15) is 41.3 Å². The highest BCUT2D eigenvalue weighted by Crippen LogP contribution is 2.28. The lowest BCUT2D eigenvalue weighted by Crippen LogP contribution is -2.38. The van der Waals surface area contributed by atoms with E-state index < -0.39 is 10.0 Å². The quantitative estimate of drug-likeness (QED) is 0.889. The molecule has 1 N–H and O–H groups in total. The SMILES string of the molecule is CCc1ccccc1NC(=O)c1ccc(C)c(N2CCCCS2(=O)=O)c1. The Hall–Kier alpha value is -2.34. The lowest BCUT2D eigenvalue weighted by molar-refractivity contribution is 0.102. The largest absolute Gasteiger partial charge is 0.322 e. The molecule has 6 heteroatoms. The van der Waals surface area contributed by atoms with Crippen molar-refractivity contribution >= 4 is 27.3 Å². The zero-order valence-electron chi connectivity index (χ0n) is 15.2. The van der Waals surface area contributed by atoms with Crippen LogP contribution in [0.25, 0.3) is 0 Å². The van der Waals surface area contributed by atoms with Gasteiger partial charge in [0.15, 0.2) is 0 Å². The average Bonchev–Trinajstić information content (AvgIpc) is 2.62. The summed E-state index contributed by atoms with van der Waals surface area (Å²) in [5.74, 6) is -0.0752. The van der Waals surface area contributed by atoms with Crippen molar-refractivity contribution in [3.63, 3.8) is 0 Å². The molecule has 1 amide bonds. The maximum Gasteiger partial charge on any atom is 0.255 e. The van der Waals surface area contributed by atoms with Crippen LogP contribution in [0.3, 0.4) is 0 Å². The number of benzene rings is 2. The molecule has 3 rings (SSSR count). The number of amides is 1. The second kappa shape index (κ2) is 7.50. The fourth-order valence-corrected chi connectivity index (χ4v) is 4.92. The topological polar surface area (TPSA) is 66.5 Å². The van der Waals surface area contributed by atoms with Crippen LogP contribution in [0.5, 0.6) is 0 Å². The normalized spacial score (nSPS) is 16.3. The molecule has 1 aliphatic heterocycles. The summed E-state index contributed by atoms with van der Waals surface area (Å²) in [5.41, 5.74) is 3.75. The van der Waals surface area contributed by atoms with E-state index in [0.717, 1.165) is 29.7 Å². The Morgan fingerprint density at radius 3 is 2.65 bits per heavy atom. The molecule has 2 aromatic carbocycles. The molecule has 0 atom stereocenters. The predicted octanol–water partition coefficient (Wildman–Crippen LogP) is 3.74. The Morgan fingerprint density at radius 2 is 1.92 bits per heavy atom. The third-order valence-electron chi connectivity index (χ3n) is 4.74. The van der Waals surface area contributed by atoms with Crippen molar-refractivity contribution in [2.75, 3.05) is 21.9 Å². The second-order valence-electron chi connectivity index (χ2n) is 6.56. The van der Waals surface area contributed by atoms with E-state index in [9.17, 15) is 13.2 Å². The molecule has 1 fully saturated rings. The van der Waals surface area contributed by atoms with Crippen molar-refractivity contribution in [1.29, 1.82) is 0 Å². The minimum absolute atomic E-state index is 0.159. The smallest absolute Gasteiger partial charge is 0.255 e. The first-order valence-electron chi connectivity index (χ1n) is 8.92. The number of nitrogens with one attached hydrogen (secondary N) is 1. The van der Waals surface area contributed by atoms with Gasteiger partial charge in [0.05, 0.1) is 11.4 Å². The van der Waals surface area contributed by atoms with Gasteiger partial charge in [0.25, 0.3) is 5.91 Å². The molecule has 138 valence electrons. The molecule has 1 heterocycles. The number of hydrogen-bond acceptors (Lipinski definition) is 3. The Labute approximate surface area is 155 Å². The Kier molecular flexibility index (Phi) is 5.32. The lowest BCUT2D eigenvalue weighted by Gasteiger charge is -2.29. The summed E-state index contributed by atoms with van der Waals surface area (Å²) in [5, 5.41) is 2.94. The van der Waals surface area contributed by atoms with E-state index in [0.29, 0.717) is 24.2 Å². The number of carbonyl (C=O) groups is 1. The van der Waals surface area contributed by atoms with Gasteiger partial charge in [-0.1, -0.05) is 31.2 Å². The molecule has 0 unspecified atom stereocenters. The van der Waals surface area contributed by atoms with Crippen molar-refractivity contribution < 1.29 is 13.2 Å². The van der Waals surface area contributed by atoms with E-state index >= 15 is 0 Å². The number of carbonyl (C=O) groups excluding carboxylic acids is 1. The molecule has 26 heavy (non-hydrogen) atoms. The first-order valence-corrected chi connectivity index (χ1v) is 10.5. The Morgan fingerprint density at radius 1 is 1.15 bits per heavy atom. The van der Waals surface area contributed by atoms with Gasteiger partial charge < -0.3 is 5.32 Å². The number of sulfonamides is 1. The van der Waals surface area contributed by atoms with E-state index in [1.165, 1.54) is 4.31 Å². The van der Waals surface area contributed by atoms with Gasteiger partial charge >= 0.3 is 0 Å². The van der Waals surface area contributed by atoms with E-state index in [-0.39, 0.29) is 11.7 Å². The molecule has 0 aliphatic carbocycles. The highest BCUT2D eigenvalue weighted by atomic mass is 32.2. The lowest BCUT2D eigenvalue weighted by atomic mass is 10.1. The molecule has 0 aromatic heterocycles. The zero-order chi connectivity index (χ0) is 18.7. The third-order valence-corrected chi connectivity index (χ3v) is 6.59. The van der Waals surface area contributed by atoms with E-state index in [1.807, 2.05) is 38.1 Å². The maximum absolute atomic E-state index is 12.7. The number of hydrogen-bond donors (Lipinski definition) is 1. The minimum Gasteiger partial charge on any atom is -0.322 e. The van der Waals surface area contributed by atoms with Crippen LogP contribution >= 0.6 is 0 Å². The van der Waals surface area contributed by atoms with Crippen LogP contribution in [-0.2, 0) is 16.4 Å². The first kappa shape index (κ1) is 18.5. The first-order chi connectivity index (χ1) is 12.4. The molecule has 2 aromatic rings. The van der Waals surface area contributed by atoms with Crippen LogP contribution in [-0.4, -0.2) is 26.6 Å². The molecule has 0 saturated carbocycles. The zero-order valence-corrected chi connectivity index (χ0v) is 16.0. The fourth-order valence-electron chi connectivity index (χ4n) is 3.22. The molecule has 0 radical (unpaired) electrons. The highest BCUT2D eigenvalue weighted by molar-refractivity contribution is 7.92. The average molecular weight is 372 g/mol. The Balaban J connectivity index is 1.91. The van der Waals surface area contributed by atoms with Gasteiger partial charge in [0.2, 0.25) is 10.0 Å². The van der Waals surface area contributed by atoms with Crippen LogP contribution in [0, 0.1) is 6.92 Å². The fraction of sp³-hybridized carbons (Fsp3) is 0.350. The van der Waals surface area contributed by atoms with Crippen LogP contribution in [0.4, 0.5) is 11.4 Å². The Bertz CT molecular complexity index is 922. The number of para-hydroxylation sites is 1. The van der Waals surface area contributed by atoms with Crippen molar-refractivity contribution in [3.8, 4) is 0 Å². The number of nitrogens with zero attached hydrogens (tertiary/aromatic N) is 1. The third kappa shape index (κ3) is 3.75. The number of anilines is 2. The standard InChI is InChI=1S/C20H24N2O3S/c1-3-16-8-4-5-9-18(16)21-20(23)17-11-10-15(2)19(14-17)22-12-6-7-13-26(22,24)25/h4-5,8-11,14H,3,6-7,12-13H2,1-2H3,(H,21,23). The van der Waals surface area contributed by atoms with Crippen molar-refractivity contribution in [1.82, 2.24) is 0 Å². The minimum atomic E-state index is -3.31. The van der Waals surface area contributed by atoms with Crippen LogP contribution < -0.4 is 9.62 Å². The van der Waals surface area contributed by atoms with Gasteiger partial charge in [-0.15, -0.1) is 0 Å². The van der Waals surface area contributed by atoms with Gasteiger partial charge in [-0.3, -0.25) is 9.10 Å². The van der Waals surface area contributed by atoms with Crippen molar-refractivity contribution in [2.24, 2.45) is 0 Å². The van der Waals surface area contributed by atoms with Gasteiger partial charge in [0.1, 0.15) is 0 Å². The molecule has 0 bridgehead atoms. The summed E-state index contributed by atoms with van der Waals surface area (Å²) in [4.78, 5) is 12.7. The number of aryl methyl sites for hydroxylation is 2. The van der Waals surface area contributed by atoms with Gasteiger partial charge in [-0.25, -0.2) is 8.42 Å². The van der Waals surface area contributed by atoms with Crippen molar-refractivity contribution in [3.05, 3.63) is 59.2 Å². The second-order valence-corrected chi connectivity index (χ2v) is 8.57. The van der Waals surface area contributed by atoms with Gasteiger partial charge in [0, 0.05) is 17.8 Å². The van der Waals surface area contributed by atoms with Gasteiger partial charge in [-0.05, 0) is 55.5 Å².